The molecule has 2 aromatic rings. The summed E-state index contributed by atoms with van der Waals surface area (Å²) in [5, 5.41) is 4.02. The summed E-state index contributed by atoms with van der Waals surface area (Å²) in [5.74, 6) is 0.183. The molecule has 1 aliphatic rings. The average Bonchev–Trinajstić information content (AvgIpc) is 3.05. The zero-order chi connectivity index (χ0) is 16.2. The number of carbonyl (C=O) groups is 1. The molecular weight excluding hydrogens is 292 g/mol. The van der Waals surface area contributed by atoms with Crippen LogP contribution in [0.25, 0.3) is 0 Å². The van der Waals surface area contributed by atoms with E-state index in [0.29, 0.717) is 13.0 Å². The van der Waals surface area contributed by atoms with Gasteiger partial charge in [-0.3, -0.25) is 14.5 Å². The van der Waals surface area contributed by atoms with Crippen molar-refractivity contribution in [2.75, 3.05) is 31.1 Å². The van der Waals surface area contributed by atoms with E-state index in [0.717, 1.165) is 37.6 Å². The van der Waals surface area contributed by atoms with Crippen molar-refractivity contribution in [3.05, 3.63) is 36.2 Å². The minimum Gasteiger partial charge on any atom is -0.368 e. The predicted octanol–water partition coefficient (Wildman–Crippen LogP) is 1.03. The quantitative estimate of drug-likeness (QED) is 0.843. The average molecular weight is 314 g/mol. The second-order valence-corrected chi connectivity index (χ2v) is 5.88. The zero-order valence-electron chi connectivity index (χ0n) is 13.6. The third-order valence-corrected chi connectivity index (χ3v) is 4.09. The Bertz CT molecular complexity index is 641. The van der Waals surface area contributed by atoms with Gasteiger partial charge in [-0.05, 0) is 26.0 Å². The molecule has 23 heavy (non-hydrogen) atoms. The highest BCUT2D eigenvalue weighted by molar-refractivity contribution is 5.76. The van der Waals surface area contributed by atoms with Crippen LogP contribution in [0.15, 0.2) is 24.8 Å². The molecule has 0 unspecified atom stereocenters. The number of nitrogens with zero attached hydrogens (tertiary/aromatic N) is 6. The van der Waals surface area contributed by atoms with Gasteiger partial charge in [0.1, 0.15) is 12.7 Å². The molecule has 0 aromatic carbocycles. The van der Waals surface area contributed by atoms with Gasteiger partial charge in [-0.15, -0.1) is 0 Å². The van der Waals surface area contributed by atoms with Gasteiger partial charge in [-0.1, -0.05) is 0 Å². The van der Waals surface area contributed by atoms with E-state index in [-0.39, 0.29) is 5.91 Å². The van der Waals surface area contributed by atoms with Gasteiger partial charge in [-0.2, -0.15) is 5.10 Å². The van der Waals surface area contributed by atoms with Gasteiger partial charge >= 0.3 is 0 Å². The third-order valence-electron chi connectivity index (χ3n) is 4.09. The number of piperazine rings is 1. The fraction of sp³-hybridized carbons (Fsp3) is 0.500. The van der Waals surface area contributed by atoms with Gasteiger partial charge in [0.15, 0.2) is 0 Å². The Morgan fingerprint density at radius 3 is 2.43 bits per heavy atom. The first kappa shape index (κ1) is 15.5. The number of hydrogen-bond donors (Lipinski definition) is 0. The fourth-order valence-corrected chi connectivity index (χ4v) is 2.93. The first-order valence-corrected chi connectivity index (χ1v) is 7.92. The van der Waals surface area contributed by atoms with Crippen LogP contribution < -0.4 is 4.90 Å². The van der Waals surface area contributed by atoms with E-state index in [9.17, 15) is 4.79 Å². The topological polar surface area (TPSA) is 67.2 Å². The maximum Gasteiger partial charge on any atom is 0.224 e. The molecule has 1 saturated heterocycles. The number of hydrogen-bond acceptors (Lipinski definition) is 5. The van der Waals surface area contributed by atoms with E-state index in [1.807, 2.05) is 18.7 Å². The first-order chi connectivity index (χ1) is 11.1. The molecule has 7 nitrogen and oxygen atoms in total. The van der Waals surface area contributed by atoms with Crippen LogP contribution in [0.4, 0.5) is 5.69 Å². The normalized spacial score (nSPS) is 15.0. The molecule has 0 spiro atoms. The van der Waals surface area contributed by atoms with Gasteiger partial charge in [0, 0.05) is 49.7 Å². The standard InChI is InChI=1S/C16H22N6O/c1-13-9-15(10-14(2)19-13)20-5-7-21(8-6-20)16(23)3-4-22-12-17-11-18-22/h9-12H,3-8H2,1-2H3. The van der Waals surface area contributed by atoms with E-state index in [1.165, 1.54) is 12.0 Å². The molecule has 7 heteroatoms. The van der Waals surface area contributed by atoms with E-state index in [2.05, 4.69) is 32.1 Å². The van der Waals surface area contributed by atoms with Crippen LogP contribution in [0, 0.1) is 13.8 Å². The number of anilines is 1. The van der Waals surface area contributed by atoms with E-state index in [4.69, 9.17) is 0 Å². The van der Waals surface area contributed by atoms with Gasteiger partial charge < -0.3 is 9.80 Å². The number of amides is 1. The first-order valence-electron chi connectivity index (χ1n) is 7.92. The van der Waals surface area contributed by atoms with E-state index in [1.54, 1.807) is 11.0 Å². The molecule has 122 valence electrons. The lowest BCUT2D eigenvalue weighted by molar-refractivity contribution is -0.131. The predicted molar refractivity (Wildman–Crippen MR) is 87.1 cm³/mol. The number of aromatic nitrogens is 4. The molecule has 2 aromatic heterocycles. The van der Waals surface area contributed by atoms with Crippen molar-refractivity contribution >= 4 is 11.6 Å². The Balaban J connectivity index is 1.52. The van der Waals surface area contributed by atoms with Gasteiger partial charge in [-0.25, -0.2) is 4.98 Å². The van der Waals surface area contributed by atoms with Crippen molar-refractivity contribution in [2.45, 2.75) is 26.8 Å². The van der Waals surface area contributed by atoms with Gasteiger partial charge in [0.05, 0.1) is 6.54 Å². The smallest absolute Gasteiger partial charge is 0.224 e. The van der Waals surface area contributed by atoms with Gasteiger partial charge in [0.25, 0.3) is 0 Å². The van der Waals surface area contributed by atoms with Crippen LogP contribution in [-0.2, 0) is 11.3 Å². The summed E-state index contributed by atoms with van der Waals surface area (Å²) in [5.41, 5.74) is 3.27. The van der Waals surface area contributed by atoms with Crippen LogP contribution >= 0.6 is 0 Å². The molecule has 0 radical (unpaired) electrons. The summed E-state index contributed by atoms with van der Waals surface area (Å²) >= 11 is 0. The monoisotopic (exact) mass is 314 g/mol. The Kier molecular flexibility index (Phi) is 4.55. The molecule has 3 heterocycles. The molecule has 1 aliphatic heterocycles. The SMILES string of the molecule is Cc1cc(N2CCN(C(=O)CCn3cncn3)CC2)cc(C)n1. The van der Waals surface area contributed by atoms with Crippen LogP contribution in [0.3, 0.4) is 0 Å². The maximum absolute atomic E-state index is 12.3. The van der Waals surface area contributed by atoms with E-state index >= 15 is 0 Å². The fourth-order valence-electron chi connectivity index (χ4n) is 2.93. The molecule has 1 fully saturated rings. The van der Waals surface area contributed by atoms with Crippen LogP contribution in [0.2, 0.25) is 0 Å². The lowest BCUT2D eigenvalue weighted by Crippen LogP contribution is -2.49. The molecule has 0 atom stereocenters. The minimum absolute atomic E-state index is 0.183. The Labute approximate surface area is 135 Å². The molecule has 0 bridgehead atoms. The van der Waals surface area contributed by atoms with Crippen molar-refractivity contribution in [2.24, 2.45) is 0 Å². The zero-order valence-corrected chi connectivity index (χ0v) is 13.6. The third kappa shape index (κ3) is 3.85. The summed E-state index contributed by atoms with van der Waals surface area (Å²) in [6, 6.07) is 4.21. The molecule has 0 N–H and O–H groups in total. The molecule has 3 rings (SSSR count). The maximum atomic E-state index is 12.3. The Morgan fingerprint density at radius 1 is 1.13 bits per heavy atom. The highest BCUT2D eigenvalue weighted by Crippen LogP contribution is 2.18. The number of aryl methyl sites for hydroxylation is 3. The summed E-state index contributed by atoms with van der Waals surface area (Å²) in [7, 11) is 0. The highest BCUT2D eigenvalue weighted by Gasteiger charge is 2.21. The Morgan fingerprint density at radius 2 is 1.83 bits per heavy atom. The summed E-state index contributed by atoms with van der Waals surface area (Å²) in [6.07, 6.45) is 3.60. The summed E-state index contributed by atoms with van der Waals surface area (Å²) in [4.78, 5) is 24.8. The molecule has 0 aliphatic carbocycles. The number of carbonyl (C=O) groups excluding carboxylic acids is 1. The summed E-state index contributed by atoms with van der Waals surface area (Å²) in [6.45, 7) is 7.85. The van der Waals surface area contributed by atoms with E-state index < -0.39 is 0 Å². The number of pyridine rings is 1. The van der Waals surface area contributed by atoms with Crippen molar-refractivity contribution < 1.29 is 4.79 Å². The van der Waals surface area contributed by atoms with Crippen LogP contribution in [-0.4, -0.2) is 56.7 Å². The Hall–Kier alpha value is -2.44. The van der Waals surface area contributed by atoms with Gasteiger partial charge in [0.2, 0.25) is 5.91 Å². The molecule has 1 amide bonds. The van der Waals surface area contributed by atoms with Crippen molar-refractivity contribution in [1.29, 1.82) is 0 Å². The van der Waals surface area contributed by atoms with Crippen LogP contribution in [0.1, 0.15) is 17.8 Å². The molecular formula is C16H22N6O. The van der Waals surface area contributed by atoms with Crippen molar-refractivity contribution in [3.63, 3.8) is 0 Å². The lowest BCUT2D eigenvalue weighted by atomic mass is 10.2. The molecule has 0 saturated carbocycles. The second kappa shape index (κ2) is 6.76. The summed E-state index contributed by atoms with van der Waals surface area (Å²) < 4.78 is 1.69. The lowest BCUT2D eigenvalue weighted by Gasteiger charge is -2.36. The largest absolute Gasteiger partial charge is 0.368 e. The number of rotatable bonds is 4. The van der Waals surface area contributed by atoms with Crippen molar-refractivity contribution in [1.82, 2.24) is 24.6 Å². The van der Waals surface area contributed by atoms with Crippen LogP contribution in [0.5, 0.6) is 0 Å². The highest BCUT2D eigenvalue weighted by atomic mass is 16.2. The van der Waals surface area contributed by atoms with Crippen molar-refractivity contribution in [3.8, 4) is 0 Å². The minimum atomic E-state index is 0.183. The second-order valence-electron chi connectivity index (χ2n) is 5.88.